The molecule has 0 fully saturated rings. The normalized spacial score (nSPS) is 16.5. The van der Waals surface area contributed by atoms with Crippen molar-refractivity contribution in [2.45, 2.75) is 17.5 Å². The average Bonchev–Trinajstić information content (AvgIpc) is 2.59. The van der Waals surface area contributed by atoms with Gasteiger partial charge in [-0.2, -0.15) is 0 Å². The van der Waals surface area contributed by atoms with Crippen LogP contribution in [0.2, 0.25) is 0 Å². The van der Waals surface area contributed by atoms with Crippen molar-refractivity contribution in [2.75, 3.05) is 6.61 Å². The SMILES string of the molecule is NS(=O)(=O)c1ccc(CNC(=O)[C@H]2COc3ccccc3O2)cc1. The fraction of sp³-hybridized carbons (Fsp3) is 0.188. The molecule has 0 bridgehead atoms. The lowest BCUT2D eigenvalue weighted by molar-refractivity contribution is -0.130. The Morgan fingerprint density at radius 3 is 2.46 bits per heavy atom. The first-order valence-corrected chi connectivity index (χ1v) is 8.76. The predicted molar refractivity (Wildman–Crippen MR) is 86.0 cm³/mol. The summed E-state index contributed by atoms with van der Waals surface area (Å²) in [6, 6.07) is 13.1. The molecule has 0 saturated carbocycles. The molecule has 1 aliphatic heterocycles. The summed E-state index contributed by atoms with van der Waals surface area (Å²) in [7, 11) is -3.72. The maximum Gasteiger partial charge on any atom is 0.264 e. The number of sulfonamides is 1. The first-order chi connectivity index (χ1) is 11.4. The van der Waals surface area contributed by atoms with E-state index in [2.05, 4.69) is 5.32 Å². The third-order valence-corrected chi connectivity index (χ3v) is 4.45. The maximum atomic E-state index is 12.2. The van der Waals surface area contributed by atoms with Gasteiger partial charge in [0.15, 0.2) is 11.5 Å². The number of amides is 1. The van der Waals surface area contributed by atoms with Gasteiger partial charge in [-0.25, -0.2) is 13.6 Å². The number of carbonyl (C=O) groups excluding carboxylic acids is 1. The Morgan fingerprint density at radius 1 is 1.12 bits per heavy atom. The highest BCUT2D eigenvalue weighted by molar-refractivity contribution is 7.89. The van der Waals surface area contributed by atoms with E-state index in [1.807, 2.05) is 6.07 Å². The van der Waals surface area contributed by atoms with Gasteiger partial charge in [0.1, 0.15) is 6.61 Å². The van der Waals surface area contributed by atoms with Gasteiger partial charge in [0.25, 0.3) is 5.91 Å². The summed E-state index contributed by atoms with van der Waals surface area (Å²) >= 11 is 0. The fourth-order valence-electron chi connectivity index (χ4n) is 2.25. The maximum absolute atomic E-state index is 12.2. The van der Waals surface area contributed by atoms with Gasteiger partial charge in [-0.1, -0.05) is 24.3 Å². The minimum absolute atomic E-state index is 0.0261. The molecule has 1 amide bonds. The Morgan fingerprint density at radius 2 is 1.79 bits per heavy atom. The Balaban J connectivity index is 1.58. The number of nitrogens with one attached hydrogen (secondary N) is 1. The largest absolute Gasteiger partial charge is 0.485 e. The molecule has 1 heterocycles. The second-order valence-corrected chi connectivity index (χ2v) is 6.83. The van der Waals surface area contributed by atoms with Crippen molar-refractivity contribution in [3.05, 3.63) is 54.1 Å². The fourth-order valence-corrected chi connectivity index (χ4v) is 2.76. The Hall–Kier alpha value is -2.58. The molecular weight excluding hydrogens is 332 g/mol. The van der Waals surface area contributed by atoms with Gasteiger partial charge < -0.3 is 14.8 Å². The number of benzene rings is 2. The van der Waals surface area contributed by atoms with E-state index in [1.54, 1.807) is 30.3 Å². The highest BCUT2D eigenvalue weighted by atomic mass is 32.2. The lowest BCUT2D eigenvalue weighted by atomic mass is 10.2. The number of nitrogens with two attached hydrogens (primary N) is 1. The molecule has 0 radical (unpaired) electrons. The molecule has 3 rings (SSSR count). The van der Waals surface area contributed by atoms with Crippen LogP contribution in [-0.4, -0.2) is 27.0 Å². The van der Waals surface area contributed by atoms with Crippen LogP contribution in [0.15, 0.2) is 53.4 Å². The molecule has 2 aromatic carbocycles. The van der Waals surface area contributed by atoms with E-state index in [4.69, 9.17) is 14.6 Å². The number of carbonyl (C=O) groups is 1. The van der Waals surface area contributed by atoms with Crippen LogP contribution in [0.3, 0.4) is 0 Å². The molecule has 0 unspecified atom stereocenters. The minimum atomic E-state index is -3.72. The number of ether oxygens (including phenoxy) is 2. The Kier molecular flexibility index (Phi) is 4.41. The van der Waals surface area contributed by atoms with Gasteiger partial charge in [0.2, 0.25) is 16.1 Å². The molecule has 0 saturated heterocycles. The first kappa shape index (κ1) is 16.3. The highest BCUT2D eigenvalue weighted by Gasteiger charge is 2.26. The van der Waals surface area contributed by atoms with Crippen molar-refractivity contribution < 1.29 is 22.7 Å². The van der Waals surface area contributed by atoms with Crippen LogP contribution in [0.25, 0.3) is 0 Å². The quantitative estimate of drug-likeness (QED) is 0.849. The number of hydrogen-bond acceptors (Lipinski definition) is 5. The topological polar surface area (TPSA) is 108 Å². The lowest BCUT2D eigenvalue weighted by Crippen LogP contribution is -2.43. The van der Waals surface area contributed by atoms with E-state index >= 15 is 0 Å². The zero-order valence-corrected chi connectivity index (χ0v) is 13.5. The number of fused-ring (bicyclic) bond motifs is 1. The molecule has 8 heteroatoms. The molecule has 2 aromatic rings. The summed E-state index contributed by atoms with van der Waals surface area (Å²) in [5.41, 5.74) is 0.743. The molecule has 1 atom stereocenters. The molecule has 1 aliphatic rings. The van der Waals surface area contributed by atoms with Crippen molar-refractivity contribution in [2.24, 2.45) is 5.14 Å². The molecule has 0 spiro atoms. The number of primary sulfonamides is 1. The van der Waals surface area contributed by atoms with Crippen molar-refractivity contribution in [1.82, 2.24) is 5.32 Å². The van der Waals surface area contributed by atoms with E-state index in [0.717, 1.165) is 5.56 Å². The van der Waals surface area contributed by atoms with Gasteiger partial charge in [-0.15, -0.1) is 0 Å². The second kappa shape index (κ2) is 6.50. The van der Waals surface area contributed by atoms with E-state index in [0.29, 0.717) is 11.5 Å². The number of hydrogen-bond donors (Lipinski definition) is 2. The summed E-state index contributed by atoms with van der Waals surface area (Å²) in [6.45, 7) is 0.373. The summed E-state index contributed by atoms with van der Waals surface area (Å²) in [5, 5.41) is 7.77. The zero-order chi connectivity index (χ0) is 17.2. The third-order valence-electron chi connectivity index (χ3n) is 3.52. The molecule has 3 N–H and O–H groups in total. The van der Waals surface area contributed by atoms with E-state index in [-0.39, 0.29) is 24.0 Å². The lowest BCUT2D eigenvalue weighted by Gasteiger charge is -2.25. The number of para-hydroxylation sites is 2. The molecule has 24 heavy (non-hydrogen) atoms. The smallest absolute Gasteiger partial charge is 0.264 e. The van der Waals surface area contributed by atoms with E-state index in [1.165, 1.54) is 12.1 Å². The van der Waals surface area contributed by atoms with Crippen molar-refractivity contribution >= 4 is 15.9 Å². The van der Waals surface area contributed by atoms with Crippen LogP contribution >= 0.6 is 0 Å². The molecule has 0 aliphatic carbocycles. The monoisotopic (exact) mass is 348 g/mol. The van der Waals surface area contributed by atoms with Gasteiger partial charge in [-0.3, -0.25) is 4.79 Å². The van der Waals surface area contributed by atoms with Gasteiger partial charge in [-0.05, 0) is 29.8 Å². The number of rotatable bonds is 4. The van der Waals surface area contributed by atoms with Gasteiger partial charge >= 0.3 is 0 Å². The van der Waals surface area contributed by atoms with E-state index in [9.17, 15) is 13.2 Å². The van der Waals surface area contributed by atoms with Gasteiger partial charge in [0.05, 0.1) is 4.90 Å². The van der Waals surface area contributed by atoms with Crippen LogP contribution in [0, 0.1) is 0 Å². The summed E-state index contributed by atoms with van der Waals surface area (Å²) in [5.74, 6) is 0.835. The second-order valence-electron chi connectivity index (χ2n) is 5.27. The summed E-state index contributed by atoms with van der Waals surface area (Å²) in [6.07, 6.45) is -0.733. The highest BCUT2D eigenvalue weighted by Crippen LogP contribution is 2.30. The Bertz CT molecular complexity index is 849. The van der Waals surface area contributed by atoms with Crippen LogP contribution in [-0.2, 0) is 21.4 Å². The van der Waals surface area contributed by atoms with Crippen molar-refractivity contribution in [3.63, 3.8) is 0 Å². The predicted octanol–water partition coefficient (Wildman–Crippen LogP) is 0.790. The molecule has 126 valence electrons. The standard InChI is InChI=1S/C16H16N2O5S/c17-24(20,21)12-7-5-11(6-8-12)9-18-16(19)15-10-22-13-3-1-2-4-14(13)23-15/h1-8,15H,9-10H2,(H,18,19)(H2,17,20,21)/t15-/m1/s1. The van der Waals surface area contributed by atoms with Crippen LogP contribution in [0.1, 0.15) is 5.56 Å². The Labute approximate surface area is 139 Å². The van der Waals surface area contributed by atoms with E-state index < -0.39 is 16.1 Å². The summed E-state index contributed by atoms with van der Waals surface area (Å²) < 4.78 is 33.5. The molecular formula is C16H16N2O5S. The van der Waals surface area contributed by atoms with Crippen LogP contribution in [0.4, 0.5) is 0 Å². The van der Waals surface area contributed by atoms with Gasteiger partial charge in [0, 0.05) is 6.54 Å². The molecule has 7 nitrogen and oxygen atoms in total. The first-order valence-electron chi connectivity index (χ1n) is 7.21. The zero-order valence-electron chi connectivity index (χ0n) is 12.6. The van der Waals surface area contributed by atoms with Crippen molar-refractivity contribution in [1.29, 1.82) is 0 Å². The third kappa shape index (κ3) is 3.66. The molecule has 0 aromatic heterocycles. The van der Waals surface area contributed by atoms with Crippen LogP contribution in [0.5, 0.6) is 11.5 Å². The minimum Gasteiger partial charge on any atom is -0.485 e. The van der Waals surface area contributed by atoms with Crippen molar-refractivity contribution in [3.8, 4) is 11.5 Å². The average molecular weight is 348 g/mol. The summed E-state index contributed by atoms with van der Waals surface area (Å²) in [4.78, 5) is 12.2. The van der Waals surface area contributed by atoms with Crippen LogP contribution < -0.4 is 19.9 Å².